The largest absolute Gasteiger partial charge is 0.573 e. The van der Waals surface area contributed by atoms with E-state index in [9.17, 15) is 13.2 Å². The highest BCUT2D eigenvalue weighted by atomic mass is 32.1. The molecule has 1 rings (SSSR count). The molecule has 0 saturated heterocycles. The van der Waals surface area contributed by atoms with Crippen molar-refractivity contribution < 1.29 is 23.0 Å². The van der Waals surface area contributed by atoms with Crippen molar-refractivity contribution in [2.45, 2.75) is 6.36 Å². The summed E-state index contributed by atoms with van der Waals surface area (Å²) in [5.74, 6) is -0.113. The highest BCUT2D eigenvalue weighted by Gasteiger charge is 2.31. The number of ether oxygens (including phenoxy) is 1. The minimum Gasteiger partial charge on any atom is -0.508 e. The second-order valence-electron chi connectivity index (χ2n) is 2.85. The van der Waals surface area contributed by atoms with E-state index in [4.69, 9.17) is 5.11 Å². The van der Waals surface area contributed by atoms with Gasteiger partial charge in [-0.1, -0.05) is 12.2 Å². The Bertz CT molecular complexity index is 388. The van der Waals surface area contributed by atoms with Crippen LogP contribution in [0.15, 0.2) is 24.3 Å². The molecule has 88 valence electrons. The van der Waals surface area contributed by atoms with Crippen LogP contribution in [0.5, 0.6) is 11.5 Å². The van der Waals surface area contributed by atoms with Crippen LogP contribution >= 0.6 is 12.6 Å². The molecule has 0 aliphatic heterocycles. The fourth-order valence-electron chi connectivity index (χ4n) is 1.06. The third kappa shape index (κ3) is 4.06. The Labute approximate surface area is 95.8 Å². The standard InChI is InChI=1S/C10H9F3O2S/c11-10(12,13)15-9-4-3-8(14)6-7(9)2-1-5-16/h1-4,6,14,16H,5H2. The normalized spacial score (nSPS) is 12.0. The van der Waals surface area contributed by atoms with Crippen LogP contribution in [0.3, 0.4) is 0 Å². The lowest BCUT2D eigenvalue weighted by Crippen LogP contribution is -2.17. The molecule has 0 radical (unpaired) electrons. The Hall–Kier alpha value is -1.30. The van der Waals surface area contributed by atoms with E-state index in [-0.39, 0.29) is 17.1 Å². The maximum absolute atomic E-state index is 12.0. The number of aromatic hydroxyl groups is 1. The molecule has 6 heteroatoms. The van der Waals surface area contributed by atoms with Crippen LogP contribution in [0.1, 0.15) is 5.56 Å². The molecule has 16 heavy (non-hydrogen) atoms. The molecule has 0 saturated carbocycles. The van der Waals surface area contributed by atoms with Crippen LogP contribution in [-0.2, 0) is 0 Å². The minimum atomic E-state index is -4.75. The second-order valence-corrected chi connectivity index (χ2v) is 3.22. The van der Waals surface area contributed by atoms with Gasteiger partial charge in [0, 0.05) is 11.3 Å². The fourth-order valence-corrected chi connectivity index (χ4v) is 1.17. The topological polar surface area (TPSA) is 29.5 Å². The average Bonchev–Trinajstić information content (AvgIpc) is 2.16. The van der Waals surface area contributed by atoms with Gasteiger partial charge < -0.3 is 9.84 Å². The van der Waals surface area contributed by atoms with Gasteiger partial charge in [0.15, 0.2) is 0 Å². The summed E-state index contributed by atoms with van der Waals surface area (Å²) in [5.41, 5.74) is 0.145. The van der Waals surface area contributed by atoms with Gasteiger partial charge in [0.25, 0.3) is 0 Å². The molecule has 0 aliphatic rings. The molecule has 0 heterocycles. The van der Waals surface area contributed by atoms with Crippen LogP contribution < -0.4 is 4.74 Å². The zero-order valence-corrected chi connectivity index (χ0v) is 8.92. The highest BCUT2D eigenvalue weighted by Crippen LogP contribution is 2.29. The summed E-state index contributed by atoms with van der Waals surface area (Å²) in [6, 6.07) is 3.36. The van der Waals surface area contributed by atoms with E-state index in [1.165, 1.54) is 12.1 Å². The zero-order valence-electron chi connectivity index (χ0n) is 8.03. The summed E-state index contributed by atoms with van der Waals surface area (Å²) in [7, 11) is 0. The summed E-state index contributed by atoms with van der Waals surface area (Å²) in [4.78, 5) is 0. The summed E-state index contributed by atoms with van der Waals surface area (Å²) in [6.45, 7) is 0. The molecule has 0 fully saturated rings. The first-order valence-electron chi connectivity index (χ1n) is 4.28. The summed E-state index contributed by atoms with van der Waals surface area (Å²) < 4.78 is 39.9. The van der Waals surface area contributed by atoms with E-state index in [1.807, 2.05) is 0 Å². The quantitative estimate of drug-likeness (QED) is 0.806. The highest BCUT2D eigenvalue weighted by molar-refractivity contribution is 7.80. The number of hydrogen-bond donors (Lipinski definition) is 2. The number of hydrogen-bond acceptors (Lipinski definition) is 3. The van der Waals surface area contributed by atoms with Crippen LogP contribution in [0.25, 0.3) is 6.08 Å². The third-order valence-corrected chi connectivity index (χ3v) is 1.83. The van der Waals surface area contributed by atoms with Gasteiger partial charge in [0.1, 0.15) is 11.5 Å². The minimum absolute atomic E-state index is 0.131. The second kappa shape index (κ2) is 5.16. The van der Waals surface area contributed by atoms with Crippen molar-refractivity contribution in [2.75, 3.05) is 5.75 Å². The van der Waals surface area contributed by atoms with Gasteiger partial charge in [-0.2, -0.15) is 12.6 Å². The zero-order chi connectivity index (χ0) is 12.2. The number of phenols is 1. The van der Waals surface area contributed by atoms with Gasteiger partial charge in [-0.3, -0.25) is 0 Å². The molecule has 1 N–H and O–H groups in total. The average molecular weight is 250 g/mol. The van der Waals surface area contributed by atoms with Gasteiger partial charge in [0.05, 0.1) is 0 Å². The number of halogens is 3. The van der Waals surface area contributed by atoms with Crippen LogP contribution in [-0.4, -0.2) is 17.2 Å². The molecule has 0 aromatic heterocycles. The predicted octanol–water partition coefficient (Wildman–Crippen LogP) is 3.23. The van der Waals surface area contributed by atoms with E-state index in [1.54, 1.807) is 6.08 Å². The first kappa shape index (κ1) is 12.8. The lowest BCUT2D eigenvalue weighted by atomic mass is 10.2. The number of thiol groups is 1. The van der Waals surface area contributed by atoms with E-state index in [0.29, 0.717) is 5.75 Å². The van der Waals surface area contributed by atoms with Gasteiger partial charge in [-0.05, 0) is 18.2 Å². The van der Waals surface area contributed by atoms with Crippen molar-refractivity contribution in [3.05, 3.63) is 29.8 Å². The van der Waals surface area contributed by atoms with Crippen molar-refractivity contribution in [3.63, 3.8) is 0 Å². The monoisotopic (exact) mass is 250 g/mol. The van der Waals surface area contributed by atoms with Gasteiger partial charge in [0.2, 0.25) is 0 Å². The van der Waals surface area contributed by atoms with E-state index in [0.717, 1.165) is 12.1 Å². The first-order valence-corrected chi connectivity index (χ1v) is 4.92. The van der Waals surface area contributed by atoms with E-state index >= 15 is 0 Å². The number of phenolic OH excluding ortho intramolecular Hbond substituents is 1. The molecule has 1 aromatic carbocycles. The Morgan fingerprint density at radius 1 is 1.38 bits per heavy atom. The SMILES string of the molecule is Oc1ccc(OC(F)(F)F)c(C=CCS)c1. The molecular weight excluding hydrogens is 241 g/mol. The molecule has 0 aliphatic carbocycles. The van der Waals surface area contributed by atoms with Crippen molar-refractivity contribution >= 4 is 18.7 Å². The van der Waals surface area contributed by atoms with Crippen LogP contribution in [0.2, 0.25) is 0 Å². The lowest BCUT2D eigenvalue weighted by Gasteiger charge is -2.11. The van der Waals surface area contributed by atoms with Crippen molar-refractivity contribution in [1.29, 1.82) is 0 Å². The van der Waals surface area contributed by atoms with Crippen molar-refractivity contribution in [1.82, 2.24) is 0 Å². The number of benzene rings is 1. The maximum Gasteiger partial charge on any atom is 0.573 e. The summed E-state index contributed by atoms with van der Waals surface area (Å²) in [5, 5.41) is 9.15. The Morgan fingerprint density at radius 2 is 2.06 bits per heavy atom. The molecule has 0 bridgehead atoms. The molecule has 0 atom stereocenters. The lowest BCUT2D eigenvalue weighted by molar-refractivity contribution is -0.274. The number of rotatable bonds is 3. The van der Waals surface area contributed by atoms with Gasteiger partial charge in [-0.25, -0.2) is 0 Å². The molecule has 0 spiro atoms. The Kier molecular flexibility index (Phi) is 4.12. The molecular formula is C10H9F3O2S. The molecule has 2 nitrogen and oxygen atoms in total. The van der Waals surface area contributed by atoms with Gasteiger partial charge in [-0.15, -0.1) is 13.2 Å². The molecule has 0 amide bonds. The fraction of sp³-hybridized carbons (Fsp3) is 0.200. The van der Waals surface area contributed by atoms with E-state index in [2.05, 4.69) is 17.4 Å². The van der Waals surface area contributed by atoms with Crippen molar-refractivity contribution in [3.8, 4) is 11.5 Å². The maximum atomic E-state index is 12.0. The first-order chi connectivity index (χ1) is 7.42. The van der Waals surface area contributed by atoms with Crippen LogP contribution in [0, 0.1) is 0 Å². The van der Waals surface area contributed by atoms with Crippen molar-refractivity contribution in [2.24, 2.45) is 0 Å². The third-order valence-electron chi connectivity index (χ3n) is 1.62. The Morgan fingerprint density at radius 3 is 2.62 bits per heavy atom. The van der Waals surface area contributed by atoms with E-state index < -0.39 is 6.36 Å². The molecule has 1 aromatic rings. The molecule has 0 unspecified atom stereocenters. The van der Waals surface area contributed by atoms with Crippen LogP contribution in [0.4, 0.5) is 13.2 Å². The number of alkyl halides is 3. The smallest absolute Gasteiger partial charge is 0.508 e. The summed E-state index contributed by atoms with van der Waals surface area (Å²) in [6.07, 6.45) is -1.81. The Balaban J connectivity index is 3.03. The van der Waals surface area contributed by atoms with Gasteiger partial charge >= 0.3 is 6.36 Å². The summed E-state index contributed by atoms with van der Waals surface area (Å²) >= 11 is 3.88. The predicted molar refractivity (Wildman–Crippen MR) is 57.7 cm³/mol.